The molecule has 7 nitrogen and oxygen atoms in total. The van der Waals surface area contributed by atoms with Crippen LogP contribution in [-0.2, 0) is 0 Å². The molecular formula is C23H40N4O3. The number of phenolic OH excluding ortho intramolecular Hbond substituents is 1. The van der Waals surface area contributed by atoms with Crippen molar-refractivity contribution < 1.29 is 14.7 Å². The predicted molar refractivity (Wildman–Crippen MR) is 121 cm³/mol. The van der Waals surface area contributed by atoms with Gasteiger partial charge in [-0.25, -0.2) is 15.5 Å². The highest BCUT2D eigenvalue weighted by Gasteiger charge is 2.21. The molecule has 5 N–H and O–H groups in total. The highest BCUT2D eigenvalue weighted by Crippen LogP contribution is 2.13. The first-order valence-corrected chi connectivity index (χ1v) is 11.4. The first-order valence-electron chi connectivity index (χ1n) is 11.4. The van der Waals surface area contributed by atoms with Gasteiger partial charge in [-0.3, -0.25) is 15.5 Å². The van der Waals surface area contributed by atoms with Crippen molar-refractivity contribution in [1.82, 2.24) is 15.6 Å². The van der Waals surface area contributed by atoms with Gasteiger partial charge in [-0.1, -0.05) is 77.6 Å². The maximum absolute atomic E-state index is 12.5. The van der Waals surface area contributed by atoms with Crippen molar-refractivity contribution in [2.45, 2.75) is 84.0 Å². The minimum atomic E-state index is -0.671. The topological polar surface area (TPSA) is 108 Å². The molecule has 0 spiro atoms. The van der Waals surface area contributed by atoms with Crippen LogP contribution in [-0.4, -0.2) is 35.2 Å². The van der Waals surface area contributed by atoms with Crippen LogP contribution in [0.1, 0.15) is 94.3 Å². The van der Waals surface area contributed by atoms with Crippen LogP contribution in [0, 0.1) is 0 Å². The molecule has 1 aromatic carbocycles. The number of rotatable bonds is 16. The number of carbonyl (C=O) groups excluding carboxylic acids is 2. The summed E-state index contributed by atoms with van der Waals surface area (Å²) in [6, 6.07) is 5.09. The summed E-state index contributed by atoms with van der Waals surface area (Å²) in [5.41, 5.74) is 2.31. The first kappa shape index (κ1) is 25.9. The molecule has 0 aliphatic carbocycles. The summed E-state index contributed by atoms with van der Waals surface area (Å²) >= 11 is 0. The Kier molecular flexibility index (Phi) is 14.4. The third-order valence-electron chi connectivity index (χ3n) is 5.21. The fourth-order valence-electron chi connectivity index (χ4n) is 3.36. The van der Waals surface area contributed by atoms with E-state index in [-0.39, 0.29) is 12.4 Å². The van der Waals surface area contributed by atoms with E-state index in [1.165, 1.54) is 88.5 Å². The molecule has 0 bridgehead atoms. The quantitative estimate of drug-likeness (QED) is 0.102. The molecule has 0 aliphatic heterocycles. The van der Waals surface area contributed by atoms with E-state index in [0.29, 0.717) is 5.56 Å². The summed E-state index contributed by atoms with van der Waals surface area (Å²) in [4.78, 5) is 25.5. The molecule has 0 saturated heterocycles. The van der Waals surface area contributed by atoms with E-state index in [2.05, 4.69) is 12.2 Å². The van der Waals surface area contributed by atoms with Crippen molar-refractivity contribution in [2.24, 2.45) is 5.84 Å². The van der Waals surface area contributed by atoms with Crippen LogP contribution in [0.5, 0.6) is 5.75 Å². The predicted octanol–water partition coefficient (Wildman–Crippen LogP) is 4.67. The Labute approximate surface area is 181 Å². The monoisotopic (exact) mass is 420 g/mol. The van der Waals surface area contributed by atoms with Crippen molar-refractivity contribution >= 4 is 11.9 Å². The lowest BCUT2D eigenvalue weighted by molar-refractivity contribution is 0.0790. The van der Waals surface area contributed by atoms with Gasteiger partial charge >= 0.3 is 6.03 Å². The smallest absolute Gasteiger partial charge is 0.339 e. The second kappa shape index (κ2) is 16.7. The second-order valence-corrected chi connectivity index (χ2v) is 7.78. The van der Waals surface area contributed by atoms with Gasteiger partial charge in [0.05, 0.1) is 6.67 Å². The van der Waals surface area contributed by atoms with Gasteiger partial charge in [0.2, 0.25) is 0 Å². The number of nitrogens with two attached hydrogens (primary N) is 1. The number of hydrogen-bond donors (Lipinski definition) is 4. The van der Waals surface area contributed by atoms with E-state index in [1.54, 1.807) is 0 Å². The molecule has 30 heavy (non-hydrogen) atoms. The Balaban J connectivity index is 2.13. The molecule has 0 aliphatic rings. The molecule has 0 saturated carbocycles. The second-order valence-electron chi connectivity index (χ2n) is 7.78. The SMILES string of the molecule is CCCCCCCCCCCCCCNCN(C(=O)NN)C(=O)c1ccc(O)cc1. The largest absolute Gasteiger partial charge is 0.508 e. The van der Waals surface area contributed by atoms with Gasteiger partial charge in [0.15, 0.2) is 0 Å². The summed E-state index contributed by atoms with van der Waals surface area (Å²) in [5, 5.41) is 12.5. The summed E-state index contributed by atoms with van der Waals surface area (Å²) in [7, 11) is 0. The number of imide groups is 1. The summed E-state index contributed by atoms with van der Waals surface area (Å²) in [5.74, 6) is 4.79. The molecule has 1 aromatic rings. The van der Waals surface area contributed by atoms with E-state index >= 15 is 0 Å². The average Bonchev–Trinajstić information content (AvgIpc) is 2.76. The molecule has 1 rings (SSSR count). The molecule has 170 valence electrons. The van der Waals surface area contributed by atoms with Gasteiger partial charge in [0.25, 0.3) is 5.91 Å². The van der Waals surface area contributed by atoms with Crippen molar-refractivity contribution in [3.63, 3.8) is 0 Å². The van der Waals surface area contributed by atoms with Crippen LogP contribution < -0.4 is 16.6 Å². The lowest BCUT2D eigenvalue weighted by Gasteiger charge is -2.20. The van der Waals surface area contributed by atoms with Crippen molar-refractivity contribution in [2.75, 3.05) is 13.2 Å². The Morgan fingerprint density at radius 1 is 0.867 bits per heavy atom. The number of unbranched alkanes of at least 4 members (excludes halogenated alkanes) is 11. The van der Waals surface area contributed by atoms with Gasteiger partial charge in [-0.15, -0.1) is 0 Å². The number of nitrogens with zero attached hydrogens (tertiary/aromatic N) is 1. The fraction of sp³-hybridized carbons (Fsp3) is 0.652. The van der Waals surface area contributed by atoms with Gasteiger partial charge in [-0.05, 0) is 37.2 Å². The van der Waals surface area contributed by atoms with Crippen LogP contribution in [0.15, 0.2) is 24.3 Å². The molecule has 0 fully saturated rings. The summed E-state index contributed by atoms with van der Waals surface area (Å²) < 4.78 is 0. The zero-order chi connectivity index (χ0) is 22.0. The lowest BCUT2D eigenvalue weighted by atomic mass is 10.1. The van der Waals surface area contributed by atoms with Crippen molar-refractivity contribution in [3.05, 3.63) is 29.8 Å². The maximum Gasteiger partial charge on any atom is 0.339 e. The number of carbonyl (C=O) groups is 2. The van der Waals surface area contributed by atoms with E-state index in [1.807, 2.05) is 5.43 Å². The molecule has 3 amide bonds. The highest BCUT2D eigenvalue weighted by molar-refractivity contribution is 6.04. The average molecular weight is 421 g/mol. The highest BCUT2D eigenvalue weighted by atomic mass is 16.3. The van der Waals surface area contributed by atoms with Gasteiger partial charge in [-0.2, -0.15) is 0 Å². The molecule has 0 heterocycles. The number of benzene rings is 1. The van der Waals surface area contributed by atoms with Gasteiger partial charge in [0, 0.05) is 5.56 Å². The van der Waals surface area contributed by atoms with Crippen LogP contribution in [0.2, 0.25) is 0 Å². The van der Waals surface area contributed by atoms with Crippen molar-refractivity contribution in [3.8, 4) is 5.75 Å². The summed E-state index contributed by atoms with van der Waals surface area (Å²) in [6.45, 7) is 3.06. The minimum Gasteiger partial charge on any atom is -0.508 e. The zero-order valence-corrected chi connectivity index (χ0v) is 18.5. The molecule has 7 heteroatoms. The van der Waals surface area contributed by atoms with E-state index in [0.717, 1.165) is 24.3 Å². The van der Waals surface area contributed by atoms with E-state index < -0.39 is 11.9 Å². The number of amides is 3. The van der Waals surface area contributed by atoms with Crippen LogP contribution in [0.4, 0.5) is 4.79 Å². The third-order valence-corrected chi connectivity index (χ3v) is 5.21. The van der Waals surface area contributed by atoms with E-state index in [9.17, 15) is 14.7 Å². The Hall–Kier alpha value is -2.12. The molecule has 0 radical (unpaired) electrons. The van der Waals surface area contributed by atoms with Crippen LogP contribution >= 0.6 is 0 Å². The number of hydrogen-bond acceptors (Lipinski definition) is 5. The van der Waals surface area contributed by atoms with Gasteiger partial charge < -0.3 is 5.11 Å². The lowest BCUT2D eigenvalue weighted by Crippen LogP contribution is -2.50. The Bertz CT molecular complexity index is 593. The van der Waals surface area contributed by atoms with Crippen LogP contribution in [0.3, 0.4) is 0 Å². The van der Waals surface area contributed by atoms with Crippen LogP contribution in [0.25, 0.3) is 0 Å². The molecule has 0 unspecified atom stereocenters. The standard InChI is InChI=1S/C23H40N4O3/c1-2-3-4-5-6-7-8-9-10-11-12-13-18-25-19-27(23(30)26-24)22(29)20-14-16-21(28)17-15-20/h14-17,25,28H,2-13,18-19,24H2,1H3,(H,26,30). The number of nitrogens with one attached hydrogen (secondary N) is 2. The Morgan fingerprint density at radius 3 is 1.87 bits per heavy atom. The normalized spacial score (nSPS) is 10.7. The van der Waals surface area contributed by atoms with E-state index in [4.69, 9.17) is 5.84 Å². The summed E-state index contributed by atoms with van der Waals surface area (Å²) in [6.07, 6.45) is 15.5. The zero-order valence-electron chi connectivity index (χ0n) is 18.5. The molecule has 0 aromatic heterocycles. The number of phenols is 1. The number of aromatic hydroxyl groups is 1. The van der Waals surface area contributed by atoms with Gasteiger partial charge in [0.1, 0.15) is 5.75 Å². The minimum absolute atomic E-state index is 0.0616. The number of hydrazine groups is 1. The maximum atomic E-state index is 12.5. The molecule has 0 atom stereocenters. The first-order chi connectivity index (χ1) is 14.6. The fourth-order valence-corrected chi connectivity index (χ4v) is 3.36. The Morgan fingerprint density at radius 2 is 1.37 bits per heavy atom. The third kappa shape index (κ3) is 11.2. The molecular weight excluding hydrogens is 380 g/mol. The number of urea groups is 1. The van der Waals surface area contributed by atoms with Crippen molar-refractivity contribution in [1.29, 1.82) is 0 Å².